The van der Waals surface area contributed by atoms with Gasteiger partial charge in [-0.25, -0.2) is 4.79 Å². The Labute approximate surface area is 135 Å². The van der Waals surface area contributed by atoms with Crippen molar-refractivity contribution in [2.75, 3.05) is 6.61 Å². The van der Waals surface area contributed by atoms with Crippen LogP contribution in [0.2, 0.25) is 0 Å². The SMILES string of the molecule is Cc1ccc(C)c(COC(=O)c2ccc(OCC(N)=O)cc2)c1. The van der Waals surface area contributed by atoms with Crippen LogP contribution in [0, 0.1) is 13.8 Å². The molecule has 5 heteroatoms. The first-order chi connectivity index (χ1) is 11.0. The molecular weight excluding hydrogens is 294 g/mol. The van der Waals surface area contributed by atoms with Gasteiger partial charge >= 0.3 is 5.97 Å². The summed E-state index contributed by atoms with van der Waals surface area (Å²) in [5, 5.41) is 0. The van der Waals surface area contributed by atoms with Crippen molar-refractivity contribution in [2.45, 2.75) is 20.5 Å². The highest BCUT2D eigenvalue weighted by Crippen LogP contribution is 2.15. The van der Waals surface area contributed by atoms with E-state index in [1.165, 1.54) is 0 Å². The molecule has 2 N–H and O–H groups in total. The molecule has 0 saturated heterocycles. The Morgan fingerprint density at radius 1 is 1.04 bits per heavy atom. The number of amides is 1. The zero-order valence-corrected chi connectivity index (χ0v) is 13.2. The first-order valence-electron chi connectivity index (χ1n) is 7.20. The molecule has 5 nitrogen and oxygen atoms in total. The number of rotatable bonds is 6. The molecule has 0 spiro atoms. The van der Waals surface area contributed by atoms with Crippen LogP contribution in [0.1, 0.15) is 27.0 Å². The molecule has 0 bridgehead atoms. The molecule has 1 amide bonds. The molecule has 2 aromatic carbocycles. The van der Waals surface area contributed by atoms with Gasteiger partial charge in [-0.05, 0) is 49.2 Å². The average Bonchev–Trinajstić information content (AvgIpc) is 2.54. The van der Waals surface area contributed by atoms with Gasteiger partial charge in [-0.3, -0.25) is 4.79 Å². The normalized spacial score (nSPS) is 10.2. The number of aryl methyl sites for hydroxylation is 2. The highest BCUT2D eigenvalue weighted by atomic mass is 16.5. The number of primary amides is 1. The second-order valence-corrected chi connectivity index (χ2v) is 5.29. The summed E-state index contributed by atoms with van der Waals surface area (Å²) in [6.45, 7) is 4.01. The van der Waals surface area contributed by atoms with E-state index in [0.717, 1.165) is 16.7 Å². The molecule has 0 unspecified atom stereocenters. The molecule has 0 fully saturated rings. The van der Waals surface area contributed by atoms with E-state index in [0.29, 0.717) is 11.3 Å². The fourth-order valence-corrected chi connectivity index (χ4v) is 2.02. The Morgan fingerprint density at radius 2 is 1.74 bits per heavy atom. The van der Waals surface area contributed by atoms with Crippen molar-refractivity contribution >= 4 is 11.9 Å². The van der Waals surface area contributed by atoms with Gasteiger partial charge in [0.1, 0.15) is 12.4 Å². The van der Waals surface area contributed by atoms with Gasteiger partial charge in [-0.1, -0.05) is 23.8 Å². The molecule has 0 aliphatic carbocycles. The summed E-state index contributed by atoms with van der Waals surface area (Å²) in [7, 11) is 0. The van der Waals surface area contributed by atoms with Crippen molar-refractivity contribution in [3.8, 4) is 5.75 Å². The maximum Gasteiger partial charge on any atom is 0.338 e. The first kappa shape index (κ1) is 16.5. The molecule has 0 radical (unpaired) electrons. The van der Waals surface area contributed by atoms with Gasteiger partial charge in [0.25, 0.3) is 5.91 Å². The molecule has 0 aromatic heterocycles. The van der Waals surface area contributed by atoms with Crippen LogP contribution in [-0.2, 0) is 16.1 Å². The van der Waals surface area contributed by atoms with Crippen LogP contribution in [0.4, 0.5) is 0 Å². The predicted molar refractivity (Wildman–Crippen MR) is 86.2 cm³/mol. The third-order valence-electron chi connectivity index (χ3n) is 3.33. The number of hydrogen-bond donors (Lipinski definition) is 1. The van der Waals surface area contributed by atoms with Crippen LogP contribution >= 0.6 is 0 Å². The lowest BCUT2D eigenvalue weighted by molar-refractivity contribution is -0.119. The van der Waals surface area contributed by atoms with E-state index >= 15 is 0 Å². The zero-order valence-electron chi connectivity index (χ0n) is 13.2. The standard InChI is InChI=1S/C18H19NO4/c1-12-3-4-13(2)15(9-12)10-23-18(21)14-5-7-16(8-6-14)22-11-17(19)20/h3-9H,10-11H2,1-2H3,(H2,19,20). The summed E-state index contributed by atoms with van der Waals surface area (Å²) in [6, 6.07) is 12.4. The van der Waals surface area contributed by atoms with Gasteiger partial charge in [0.15, 0.2) is 6.61 Å². The lowest BCUT2D eigenvalue weighted by Crippen LogP contribution is -2.20. The van der Waals surface area contributed by atoms with Gasteiger partial charge in [-0.2, -0.15) is 0 Å². The van der Waals surface area contributed by atoms with Crippen LogP contribution in [-0.4, -0.2) is 18.5 Å². The van der Waals surface area contributed by atoms with Crippen molar-refractivity contribution in [1.29, 1.82) is 0 Å². The van der Waals surface area contributed by atoms with E-state index in [-0.39, 0.29) is 13.2 Å². The second kappa shape index (κ2) is 7.45. The molecule has 2 rings (SSSR count). The van der Waals surface area contributed by atoms with Crippen LogP contribution in [0.3, 0.4) is 0 Å². The van der Waals surface area contributed by atoms with Gasteiger partial charge in [0.2, 0.25) is 0 Å². The maximum absolute atomic E-state index is 12.1. The molecular formula is C18H19NO4. The van der Waals surface area contributed by atoms with Crippen molar-refractivity contribution in [1.82, 2.24) is 0 Å². The lowest BCUT2D eigenvalue weighted by Gasteiger charge is -2.09. The van der Waals surface area contributed by atoms with Gasteiger partial charge in [-0.15, -0.1) is 0 Å². The quantitative estimate of drug-likeness (QED) is 0.831. The first-order valence-corrected chi connectivity index (χ1v) is 7.20. The van der Waals surface area contributed by atoms with E-state index < -0.39 is 11.9 Å². The number of carbonyl (C=O) groups excluding carboxylic acids is 2. The monoisotopic (exact) mass is 313 g/mol. The largest absolute Gasteiger partial charge is 0.484 e. The molecule has 0 aliphatic rings. The summed E-state index contributed by atoms with van der Waals surface area (Å²) in [5.74, 6) is -0.496. The molecule has 2 aromatic rings. The van der Waals surface area contributed by atoms with Gasteiger partial charge < -0.3 is 15.2 Å². The maximum atomic E-state index is 12.1. The minimum atomic E-state index is -0.554. The topological polar surface area (TPSA) is 78.6 Å². The molecule has 120 valence electrons. The molecule has 0 heterocycles. The van der Waals surface area contributed by atoms with Gasteiger partial charge in [0.05, 0.1) is 5.56 Å². The van der Waals surface area contributed by atoms with E-state index in [1.807, 2.05) is 32.0 Å². The predicted octanol–water partition coefficient (Wildman–Crippen LogP) is 2.52. The number of carbonyl (C=O) groups is 2. The molecule has 0 saturated carbocycles. The Morgan fingerprint density at radius 3 is 2.39 bits per heavy atom. The van der Waals surface area contributed by atoms with Crippen molar-refractivity contribution in [3.63, 3.8) is 0 Å². The smallest absolute Gasteiger partial charge is 0.338 e. The van der Waals surface area contributed by atoms with Crippen molar-refractivity contribution < 1.29 is 19.1 Å². The van der Waals surface area contributed by atoms with E-state index in [1.54, 1.807) is 24.3 Å². The third-order valence-corrected chi connectivity index (χ3v) is 3.33. The number of ether oxygens (including phenoxy) is 2. The van der Waals surface area contributed by atoms with Crippen LogP contribution in [0.25, 0.3) is 0 Å². The average molecular weight is 313 g/mol. The minimum absolute atomic E-state index is 0.198. The molecule has 0 atom stereocenters. The zero-order chi connectivity index (χ0) is 16.8. The summed E-state index contributed by atoms with van der Waals surface area (Å²) >= 11 is 0. The van der Waals surface area contributed by atoms with Crippen LogP contribution < -0.4 is 10.5 Å². The summed E-state index contributed by atoms with van der Waals surface area (Å²) < 4.78 is 10.5. The fourth-order valence-electron chi connectivity index (χ4n) is 2.02. The summed E-state index contributed by atoms with van der Waals surface area (Å²) in [4.78, 5) is 22.7. The Bertz CT molecular complexity index is 707. The minimum Gasteiger partial charge on any atom is -0.484 e. The molecule has 23 heavy (non-hydrogen) atoms. The number of esters is 1. The molecule has 0 aliphatic heterocycles. The van der Waals surface area contributed by atoms with Crippen molar-refractivity contribution in [3.05, 3.63) is 64.7 Å². The number of hydrogen-bond acceptors (Lipinski definition) is 4. The van der Waals surface area contributed by atoms with Gasteiger partial charge in [0, 0.05) is 0 Å². The number of benzene rings is 2. The highest BCUT2D eigenvalue weighted by molar-refractivity contribution is 5.89. The van der Waals surface area contributed by atoms with E-state index in [2.05, 4.69) is 0 Å². The highest BCUT2D eigenvalue weighted by Gasteiger charge is 2.09. The Balaban J connectivity index is 1.95. The Kier molecular flexibility index (Phi) is 5.36. The van der Waals surface area contributed by atoms with E-state index in [4.69, 9.17) is 15.2 Å². The summed E-state index contributed by atoms with van der Waals surface area (Å²) in [5.41, 5.74) is 8.61. The van der Waals surface area contributed by atoms with Crippen LogP contribution in [0.15, 0.2) is 42.5 Å². The Hall–Kier alpha value is -2.82. The fraction of sp³-hybridized carbons (Fsp3) is 0.222. The van der Waals surface area contributed by atoms with E-state index in [9.17, 15) is 9.59 Å². The lowest BCUT2D eigenvalue weighted by atomic mass is 10.1. The summed E-state index contributed by atoms with van der Waals surface area (Å²) in [6.07, 6.45) is 0. The number of nitrogens with two attached hydrogens (primary N) is 1. The van der Waals surface area contributed by atoms with Crippen molar-refractivity contribution in [2.24, 2.45) is 5.73 Å². The second-order valence-electron chi connectivity index (χ2n) is 5.29. The van der Waals surface area contributed by atoms with Crippen LogP contribution in [0.5, 0.6) is 5.75 Å². The third kappa shape index (κ3) is 4.85.